The molecule has 2 heterocycles. The highest BCUT2D eigenvalue weighted by Gasteiger charge is 2.33. The fourth-order valence-electron chi connectivity index (χ4n) is 7.83. The second-order valence-electron chi connectivity index (χ2n) is 12.7. The Morgan fingerprint density at radius 2 is 1.34 bits per heavy atom. The summed E-state index contributed by atoms with van der Waals surface area (Å²) in [5, 5.41) is 10.4. The molecule has 2 N–H and O–H groups in total. The van der Waals surface area contributed by atoms with Crippen molar-refractivity contribution in [1.29, 1.82) is 0 Å². The Labute approximate surface area is 245 Å². The minimum atomic E-state index is 0.615. The van der Waals surface area contributed by atoms with Crippen LogP contribution in [-0.4, -0.2) is 23.1 Å². The van der Waals surface area contributed by atoms with E-state index in [2.05, 4.69) is 72.2 Å². The van der Waals surface area contributed by atoms with E-state index in [9.17, 15) is 0 Å². The van der Waals surface area contributed by atoms with Gasteiger partial charge >= 0.3 is 0 Å². The van der Waals surface area contributed by atoms with E-state index in [-0.39, 0.29) is 0 Å². The topological polar surface area (TPSA) is 49.8 Å². The van der Waals surface area contributed by atoms with Gasteiger partial charge in [-0.05, 0) is 94.2 Å². The number of allylic oxidation sites excluding steroid dienone is 2. The molecule has 0 saturated heterocycles. The largest absolute Gasteiger partial charge is 0.384 e. The molecule has 3 aliphatic carbocycles. The van der Waals surface area contributed by atoms with Gasteiger partial charge in [0.05, 0.1) is 11.0 Å². The zero-order valence-electron chi connectivity index (χ0n) is 24.6. The third-order valence-electron chi connectivity index (χ3n) is 9.68. The van der Waals surface area contributed by atoms with Crippen LogP contribution in [0.15, 0.2) is 60.2 Å². The lowest BCUT2D eigenvalue weighted by atomic mass is 9.71. The van der Waals surface area contributed by atoms with Crippen molar-refractivity contribution in [3.63, 3.8) is 0 Å². The smallest absolute Gasteiger partial charge is 0.0726 e. The number of pyridine rings is 2. The molecule has 2 atom stereocenters. The highest BCUT2D eigenvalue weighted by Crippen LogP contribution is 2.47. The first-order valence-electron chi connectivity index (χ1n) is 16.2. The predicted octanol–water partition coefficient (Wildman–Crippen LogP) is 9.13. The summed E-state index contributed by atoms with van der Waals surface area (Å²) in [5.41, 5.74) is 12.2. The van der Waals surface area contributed by atoms with Gasteiger partial charge in [0.2, 0.25) is 0 Å². The van der Waals surface area contributed by atoms with Crippen LogP contribution in [-0.2, 0) is 19.3 Å². The number of para-hydroxylation sites is 2. The van der Waals surface area contributed by atoms with Crippen molar-refractivity contribution in [1.82, 2.24) is 9.97 Å². The Morgan fingerprint density at radius 3 is 2.12 bits per heavy atom. The molecule has 0 fully saturated rings. The number of nitrogens with zero attached hydrogens (tertiary/aromatic N) is 2. The van der Waals surface area contributed by atoms with Crippen molar-refractivity contribution in [3.05, 3.63) is 82.7 Å². The van der Waals surface area contributed by atoms with E-state index in [4.69, 9.17) is 9.97 Å². The summed E-state index contributed by atoms with van der Waals surface area (Å²) in [6.45, 7) is 4.40. The summed E-state index contributed by atoms with van der Waals surface area (Å²) >= 11 is 0. The molecule has 0 radical (unpaired) electrons. The molecule has 4 heteroatoms. The molecule has 0 spiro atoms. The molecule has 0 aliphatic heterocycles. The molecule has 4 nitrogen and oxygen atoms in total. The van der Waals surface area contributed by atoms with E-state index in [1.54, 1.807) is 5.57 Å². The van der Waals surface area contributed by atoms with Crippen LogP contribution in [0.5, 0.6) is 0 Å². The number of unbranched alkanes of at least 4 members (excludes halogenated alkanes) is 4. The van der Waals surface area contributed by atoms with Crippen LogP contribution >= 0.6 is 0 Å². The van der Waals surface area contributed by atoms with Crippen LogP contribution in [0.1, 0.15) is 93.1 Å². The lowest BCUT2D eigenvalue weighted by Crippen LogP contribution is -2.24. The van der Waals surface area contributed by atoms with Gasteiger partial charge in [-0.1, -0.05) is 67.3 Å². The van der Waals surface area contributed by atoms with E-state index in [0.717, 1.165) is 43.4 Å². The maximum Gasteiger partial charge on any atom is 0.0726 e. The van der Waals surface area contributed by atoms with Crippen LogP contribution < -0.4 is 10.6 Å². The van der Waals surface area contributed by atoms with Crippen LogP contribution in [0.2, 0.25) is 0 Å². The molecule has 212 valence electrons. The summed E-state index contributed by atoms with van der Waals surface area (Å²) in [7, 11) is 0. The highest BCUT2D eigenvalue weighted by atomic mass is 14.9. The second-order valence-corrected chi connectivity index (χ2v) is 12.7. The van der Waals surface area contributed by atoms with E-state index in [0.29, 0.717) is 11.8 Å². The van der Waals surface area contributed by atoms with Gasteiger partial charge in [0.1, 0.15) is 0 Å². The normalized spacial score (nSPS) is 19.5. The van der Waals surface area contributed by atoms with E-state index >= 15 is 0 Å². The number of fused-ring (bicyclic) bond motifs is 7. The fourth-order valence-corrected chi connectivity index (χ4v) is 7.83. The van der Waals surface area contributed by atoms with Crippen LogP contribution in [0.25, 0.3) is 21.8 Å². The highest BCUT2D eigenvalue weighted by molar-refractivity contribution is 5.94. The van der Waals surface area contributed by atoms with Crippen molar-refractivity contribution < 1.29 is 0 Å². The lowest BCUT2D eigenvalue weighted by Gasteiger charge is -2.36. The zero-order chi connectivity index (χ0) is 27.6. The number of anilines is 2. The minimum Gasteiger partial charge on any atom is -0.384 e. The molecule has 4 aromatic rings. The molecule has 2 aromatic carbocycles. The Hall–Kier alpha value is -3.40. The van der Waals surface area contributed by atoms with Crippen molar-refractivity contribution in [2.24, 2.45) is 5.92 Å². The average Bonchev–Trinajstić information content (AvgIpc) is 2.99. The van der Waals surface area contributed by atoms with Crippen molar-refractivity contribution in [2.75, 3.05) is 23.7 Å². The standard InChI is InChI=1S/C37H44N4/c1-25-21-26-23-27(22-25)35-34(24-26)41-33-18-10-7-15-30(33)37(35)39-20-12-4-2-3-11-19-38-36-28-13-5-8-16-31(28)40-32-17-9-6-14-29(32)36/h5,7-8,10,13,15-16,18,21,26-27H,2-4,6,9,11-12,14,17,19-20,22-24H2,1H3,(H,38,40)(H,39,41)/t26-,27+/m1/s1. The summed E-state index contributed by atoms with van der Waals surface area (Å²) in [4.78, 5) is 10.1. The molecule has 7 rings (SSSR count). The summed E-state index contributed by atoms with van der Waals surface area (Å²) in [5.74, 6) is 1.28. The molecule has 41 heavy (non-hydrogen) atoms. The van der Waals surface area contributed by atoms with Gasteiger partial charge in [-0.3, -0.25) is 9.97 Å². The third-order valence-corrected chi connectivity index (χ3v) is 9.68. The van der Waals surface area contributed by atoms with Gasteiger partial charge in [-0.15, -0.1) is 0 Å². The van der Waals surface area contributed by atoms with Crippen molar-refractivity contribution in [2.45, 2.75) is 89.9 Å². The Kier molecular flexibility index (Phi) is 7.65. The molecule has 0 saturated carbocycles. The fraction of sp³-hybridized carbons (Fsp3) is 0.459. The molecule has 0 amide bonds. The van der Waals surface area contributed by atoms with Gasteiger partial charge in [0, 0.05) is 52.2 Å². The van der Waals surface area contributed by atoms with Crippen LogP contribution in [0.4, 0.5) is 11.4 Å². The number of benzene rings is 2. The van der Waals surface area contributed by atoms with E-state index < -0.39 is 0 Å². The van der Waals surface area contributed by atoms with Crippen LogP contribution in [0, 0.1) is 5.92 Å². The summed E-state index contributed by atoms with van der Waals surface area (Å²) in [6.07, 6.45) is 17.2. The lowest BCUT2D eigenvalue weighted by molar-refractivity contribution is 0.433. The molecule has 2 aromatic heterocycles. The molecule has 2 bridgehead atoms. The van der Waals surface area contributed by atoms with Gasteiger partial charge in [0.25, 0.3) is 0 Å². The molecular weight excluding hydrogens is 500 g/mol. The van der Waals surface area contributed by atoms with E-state index in [1.165, 1.54) is 102 Å². The number of hydrogen-bond acceptors (Lipinski definition) is 4. The number of rotatable bonds is 10. The molecule has 0 unspecified atom stereocenters. The number of nitrogens with one attached hydrogen (secondary N) is 2. The molecular formula is C37H44N4. The Bertz CT molecular complexity index is 1590. The first kappa shape index (κ1) is 26.5. The third kappa shape index (κ3) is 5.46. The van der Waals surface area contributed by atoms with E-state index in [1.807, 2.05) is 0 Å². The first-order chi connectivity index (χ1) is 20.2. The maximum absolute atomic E-state index is 5.15. The maximum atomic E-state index is 5.15. The first-order valence-corrected chi connectivity index (χ1v) is 16.2. The second kappa shape index (κ2) is 11.8. The Morgan fingerprint density at radius 1 is 0.707 bits per heavy atom. The average molecular weight is 545 g/mol. The summed E-state index contributed by atoms with van der Waals surface area (Å²) in [6, 6.07) is 17.4. The zero-order valence-corrected chi connectivity index (χ0v) is 24.6. The number of aromatic nitrogens is 2. The van der Waals surface area contributed by atoms with Gasteiger partial charge in [-0.25, -0.2) is 0 Å². The predicted molar refractivity (Wildman–Crippen MR) is 173 cm³/mol. The van der Waals surface area contributed by atoms with Crippen molar-refractivity contribution in [3.8, 4) is 0 Å². The van der Waals surface area contributed by atoms with Crippen LogP contribution in [0.3, 0.4) is 0 Å². The number of aryl methyl sites for hydroxylation is 1. The van der Waals surface area contributed by atoms with Crippen molar-refractivity contribution >= 4 is 33.2 Å². The van der Waals surface area contributed by atoms with Gasteiger partial charge in [-0.2, -0.15) is 0 Å². The van der Waals surface area contributed by atoms with Gasteiger partial charge in [0.15, 0.2) is 0 Å². The monoisotopic (exact) mass is 544 g/mol. The summed E-state index contributed by atoms with van der Waals surface area (Å²) < 4.78 is 0. The Balaban J connectivity index is 0.926. The quantitative estimate of drug-likeness (QED) is 0.154. The molecule has 3 aliphatic rings. The SMILES string of the molecule is CC1=C[C@H]2Cc3nc4ccccc4c(NCCCCCCCNc4c5c(nc6ccccc46)CCCC5)c3[C@@H](C1)C2. The number of hydrogen-bond donors (Lipinski definition) is 2. The van der Waals surface area contributed by atoms with Gasteiger partial charge < -0.3 is 10.6 Å². The minimum absolute atomic E-state index is 0.615.